The summed E-state index contributed by atoms with van der Waals surface area (Å²) in [7, 11) is 1.69. The van der Waals surface area contributed by atoms with Crippen molar-refractivity contribution in [2.75, 3.05) is 13.6 Å². The predicted molar refractivity (Wildman–Crippen MR) is 54.6 cm³/mol. The van der Waals surface area contributed by atoms with E-state index in [1.807, 2.05) is 13.8 Å². The van der Waals surface area contributed by atoms with Gasteiger partial charge in [0.1, 0.15) is 5.76 Å². The van der Waals surface area contributed by atoms with Crippen LogP contribution in [0.25, 0.3) is 0 Å². The number of carbonyl (C=O) groups is 1. The van der Waals surface area contributed by atoms with Gasteiger partial charge in [0.2, 0.25) is 5.91 Å². The average molecular weight is 188 g/mol. The zero-order valence-corrected chi connectivity index (χ0v) is 8.85. The fraction of sp³-hybridized carbons (Fsp3) is 0.667. The lowest BCUT2D eigenvalue weighted by atomic mass is 10.3. The number of aliphatic hydroxyl groups excluding tert-OH is 1. The minimum Gasteiger partial charge on any atom is -0.511 e. The molecule has 0 aliphatic rings. The SMILES string of the molecule is C=C(O)CNC(=O)C(C)NC.CC. The summed E-state index contributed by atoms with van der Waals surface area (Å²) in [5.74, 6) is -0.190. The van der Waals surface area contributed by atoms with Crippen LogP contribution in [0.3, 0.4) is 0 Å². The average Bonchev–Trinajstić information content (AvgIpc) is 2.16. The molecule has 0 saturated heterocycles. The second-order valence-electron chi connectivity index (χ2n) is 2.29. The van der Waals surface area contributed by atoms with Gasteiger partial charge in [0.15, 0.2) is 0 Å². The van der Waals surface area contributed by atoms with E-state index < -0.39 is 0 Å². The van der Waals surface area contributed by atoms with Crippen molar-refractivity contribution in [3.63, 3.8) is 0 Å². The Morgan fingerprint density at radius 3 is 2.31 bits per heavy atom. The predicted octanol–water partition coefficient (Wildman–Crippen LogP) is 0.808. The van der Waals surface area contributed by atoms with Crippen molar-refractivity contribution in [2.45, 2.75) is 26.8 Å². The molecule has 0 bridgehead atoms. The molecule has 0 radical (unpaired) electrons. The highest BCUT2D eigenvalue weighted by Gasteiger charge is 2.08. The highest BCUT2D eigenvalue weighted by atomic mass is 16.3. The molecule has 0 aromatic carbocycles. The second-order valence-corrected chi connectivity index (χ2v) is 2.29. The molecule has 13 heavy (non-hydrogen) atoms. The van der Waals surface area contributed by atoms with E-state index in [-0.39, 0.29) is 24.3 Å². The van der Waals surface area contributed by atoms with Gasteiger partial charge in [-0.2, -0.15) is 0 Å². The summed E-state index contributed by atoms with van der Waals surface area (Å²) in [6, 6.07) is -0.241. The molecule has 0 aliphatic carbocycles. The fourth-order valence-electron chi connectivity index (χ4n) is 0.473. The summed E-state index contributed by atoms with van der Waals surface area (Å²) in [5, 5.41) is 13.9. The van der Waals surface area contributed by atoms with Gasteiger partial charge < -0.3 is 15.7 Å². The lowest BCUT2D eigenvalue weighted by Gasteiger charge is -2.09. The van der Waals surface area contributed by atoms with E-state index in [9.17, 15) is 4.79 Å². The van der Waals surface area contributed by atoms with Crippen molar-refractivity contribution < 1.29 is 9.90 Å². The summed E-state index contributed by atoms with van der Waals surface area (Å²) < 4.78 is 0. The molecule has 1 amide bonds. The van der Waals surface area contributed by atoms with Crippen LogP contribution in [-0.2, 0) is 4.79 Å². The highest BCUT2D eigenvalue weighted by molar-refractivity contribution is 5.81. The first-order valence-corrected chi connectivity index (χ1v) is 4.39. The van der Waals surface area contributed by atoms with Crippen molar-refractivity contribution in [1.29, 1.82) is 0 Å². The largest absolute Gasteiger partial charge is 0.511 e. The van der Waals surface area contributed by atoms with Crippen molar-refractivity contribution in [1.82, 2.24) is 10.6 Å². The van der Waals surface area contributed by atoms with Gasteiger partial charge in [-0.3, -0.25) is 4.79 Å². The molecule has 0 heterocycles. The normalized spacial score (nSPS) is 10.8. The van der Waals surface area contributed by atoms with E-state index in [1.165, 1.54) is 0 Å². The summed E-state index contributed by atoms with van der Waals surface area (Å²) in [6.07, 6.45) is 0. The molecule has 1 atom stereocenters. The molecule has 4 nitrogen and oxygen atoms in total. The Balaban J connectivity index is 0. The number of nitrogens with one attached hydrogen (secondary N) is 2. The Morgan fingerprint density at radius 2 is 2.00 bits per heavy atom. The quantitative estimate of drug-likeness (QED) is 0.572. The molecule has 1 unspecified atom stereocenters. The topological polar surface area (TPSA) is 61.4 Å². The van der Waals surface area contributed by atoms with Gasteiger partial charge in [0, 0.05) is 0 Å². The molecule has 4 heteroatoms. The van der Waals surface area contributed by atoms with Crippen LogP contribution in [0.15, 0.2) is 12.3 Å². The number of hydrogen-bond donors (Lipinski definition) is 3. The first-order chi connectivity index (χ1) is 6.07. The molecule has 0 rings (SSSR count). The zero-order valence-electron chi connectivity index (χ0n) is 8.85. The third-order valence-electron chi connectivity index (χ3n) is 1.29. The lowest BCUT2D eigenvalue weighted by molar-refractivity contribution is -0.122. The van der Waals surface area contributed by atoms with Crippen LogP contribution < -0.4 is 10.6 Å². The first-order valence-electron chi connectivity index (χ1n) is 4.39. The number of amides is 1. The fourth-order valence-corrected chi connectivity index (χ4v) is 0.473. The summed E-state index contributed by atoms with van der Waals surface area (Å²) in [4.78, 5) is 11.0. The molecule has 0 fully saturated rings. The lowest BCUT2D eigenvalue weighted by Crippen LogP contribution is -2.40. The molecule has 0 aliphatic heterocycles. The van der Waals surface area contributed by atoms with E-state index in [4.69, 9.17) is 5.11 Å². The van der Waals surface area contributed by atoms with Crippen molar-refractivity contribution >= 4 is 5.91 Å². The van der Waals surface area contributed by atoms with E-state index in [0.717, 1.165) is 0 Å². The number of likely N-dealkylation sites (N-methyl/N-ethyl adjacent to an activating group) is 1. The molecule has 0 saturated carbocycles. The van der Waals surface area contributed by atoms with Crippen LogP contribution in [0, 0.1) is 0 Å². The first kappa shape index (κ1) is 14.5. The van der Waals surface area contributed by atoms with Gasteiger partial charge in [-0.25, -0.2) is 0 Å². The van der Waals surface area contributed by atoms with E-state index in [2.05, 4.69) is 17.2 Å². The Labute approximate surface area is 80.0 Å². The molecule has 0 spiro atoms. The standard InChI is InChI=1S/C7H14N2O2.C2H6/c1-5(10)4-9-7(11)6(2)8-3;1-2/h6,8,10H,1,4H2,2-3H3,(H,9,11);1-2H3. The van der Waals surface area contributed by atoms with Crippen LogP contribution in [0.4, 0.5) is 0 Å². The summed E-state index contributed by atoms with van der Waals surface area (Å²) in [6.45, 7) is 9.08. The number of hydrogen-bond acceptors (Lipinski definition) is 3. The van der Waals surface area contributed by atoms with Gasteiger partial charge in [0.25, 0.3) is 0 Å². The third-order valence-corrected chi connectivity index (χ3v) is 1.29. The van der Waals surface area contributed by atoms with Crippen molar-refractivity contribution in [2.24, 2.45) is 0 Å². The van der Waals surface area contributed by atoms with E-state index >= 15 is 0 Å². The maximum atomic E-state index is 11.0. The van der Waals surface area contributed by atoms with Gasteiger partial charge in [-0.05, 0) is 14.0 Å². The molecule has 78 valence electrons. The van der Waals surface area contributed by atoms with Crippen LogP contribution in [-0.4, -0.2) is 30.6 Å². The van der Waals surface area contributed by atoms with Gasteiger partial charge in [-0.1, -0.05) is 20.4 Å². The van der Waals surface area contributed by atoms with Crippen molar-refractivity contribution in [3.05, 3.63) is 12.3 Å². The Hall–Kier alpha value is -1.03. The summed E-state index contributed by atoms with van der Waals surface area (Å²) >= 11 is 0. The molecular weight excluding hydrogens is 168 g/mol. The van der Waals surface area contributed by atoms with E-state index in [1.54, 1.807) is 14.0 Å². The molecule has 0 aromatic rings. The highest BCUT2D eigenvalue weighted by Crippen LogP contribution is 1.81. The number of aliphatic hydroxyl groups is 1. The van der Waals surface area contributed by atoms with Crippen LogP contribution >= 0.6 is 0 Å². The van der Waals surface area contributed by atoms with Gasteiger partial charge >= 0.3 is 0 Å². The molecule has 3 N–H and O–H groups in total. The van der Waals surface area contributed by atoms with Gasteiger partial charge in [-0.15, -0.1) is 0 Å². The van der Waals surface area contributed by atoms with Crippen LogP contribution in [0.1, 0.15) is 20.8 Å². The Kier molecular flexibility index (Phi) is 10.1. The molecule has 0 aromatic heterocycles. The second kappa shape index (κ2) is 9.06. The maximum absolute atomic E-state index is 11.0. The van der Waals surface area contributed by atoms with Gasteiger partial charge in [0.05, 0.1) is 12.6 Å². The number of carbonyl (C=O) groups excluding carboxylic acids is 1. The minimum atomic E-state index is -0.241. The maximum Gasteiger partial charge on any atom is 0.237 e. The minimum absolute atomic E-state index is 0.0401. The zero-order chi connectivity index (χ0) is 10.9. The van der Waals surface area contributed by atoms with Crippen LogP contribution in [0.2, 0.25) is 0 Å². The summed E-state index contributed by atoms with van der Waals surface area (Å²) in [5.41, 5.74) is 0. The number of rotatable bonds is 4. The van der Waals surface area contributed by atoms with E-state index in [0.29, 0.717) is 0 Å². The Bertz CT molecular complexity index is 158. The molecular formula is C9H20N2O2. The monoisotopic (exact) mass is 188 g/mol. The smallest absolute Gasteiger partial charge is 0.237 e. The van der Waals surface area contributed by atoms with Crippen molar-refractivity contribution in [3.8, 4) is 0 Å². The Morgan fingerprint density at radius 1 is 1.54 bits per heavy atom. The third kappa shape index (κ3) is 8.88. The van der Waals surface area contributed by atoms with Crippen LogP contribution in [0.5, 0.6) is 0 Å².